The van der Waals surface area contributed by atoms with E-state index in [1.54, 1.807) is 24.5 Å². The molecule has 2 atom stereocenters. The molecule has 0 bridgehead atoms. The molecule has 2 unspecified atom stereocenters. The molecule has 2 saturated heterocycles. The lowest BCUT2D eigenvalue weighted by atomic mass is 9.93. The highest BCUT2D eigenvalue weighted by Gasteiger charge is 2.34. The summed E-state index contributed by atoms with van der Waals surface area (Å²) in [6.07, 6.45) is 8.16. The fourth-order valence-electron chi connectivity index (χ4n) is 3.81. The predicted octanol–water partition coefficient (Wildman–Crippen LogP) is 1.27. The molecule has 3 heterocycles. The van der Waals surface area contributed by atoms with Crippen LogP contribution in [0.1, 0.15) is 42.5 Å². The summed E-state index contributed by atoms with van der Waals surface area (Å²) in [6, 6.07) is 3.61. The average molecular weight is 330 g/mol. The van der Waals surface area contributed by atoms with Gasteiger partial charge in [0.25, 0.3) is 5.91 Å². The summed E-state index contributed by atoms with van der Waals surface area (Å²) in [5.41, 5.74) is 6.48. The summed E-state index contributed by atoms with van der Waals surface area (Å²) >= 11 is 0. The van der Waals surface area contributed by atoms with Gasteiger partial charge in [0.15, 0.2) is 0 Å². The Morgan fingerprint density at radius 3 is 2.67 bits per heavy atom. The average Bonchev–Trinajstić information content (AvgIpc) is 2.67. The third-order valence-corrected chi connectivity index (χ3v) is 5.17. The van der Waals surface area contributed by atoms with Crippen molar-refractivity contribution in [3.05, 3.63) is 30.1 Å². The maximum absolute atomic E-state index is 12.9. The second kappa shape index (κ2) is 7.75. The molecular formula is C18H26N4O2. The summed E-state index contributed by atoms with van der Waals surface area (Å²) in [5.74, 6) is 0.0676. The largest absolute Gasteiger partial charge is 0.338 e. The van der Waals surface area contributed by atoms with E-state index in [9.17, 15) is 9.59 Å². The Kier molecular flexibility index (Phi) is 5.45. The highest BCUT2D eigenvalue weighted by molar-refractivity contribution is 5.94. The van der Waals surface area contributed by atoms with E-state index in [0.29, 0.717) is 25.2 Å². The number of aromatic nitrogens is 1. The van der Waals surface area contributed by atoms with Gasteiger partial charge in [0.05, 0.1) is 5.92 Å². The normalized spacial score (nSPS) is 24.7. The highest BCUT2D eigenvalue weighted by atomic mass is 16.2. The fourth-order valence-corrected chi connectivity index (χ4v) is 3.81. The molecular weight excluding hydrogens is 304 g/mol. The van der Waals surface area contributed by atoms with E-state index >= 15 is 0 Å². The van der Waals surface area contributed by atoms with E-state index in [4.69, 9.17) is 5.73 Å². The van der Waals surface area contributed by atoms with Gasteiger partial charge in [-0.15, -0.1) is 0 Å². The first kappa shape index (κ1) is 16.9. The number of hydrogen-bond donors (Lipinski definition) is 1. The molecule has 3 rings (SSSR count). The topological polar surface area (TPSA) is 79.5 Å². The first-order valence-electron chi connectivity index (χ1n) is 8.90. The van der Waals surface area contributed by atoms with Crippen LogP contribution in [0.25, 0.3) is 0 Å². The van der Waals surface area contributed by atoms with Gasteiger partial charge < -0.3 is 15.5 Å². The van der Waals surface area contributed by atoms with Crippen molar-refractivity contribution < 1.29 is 9.59 Å². The van der Waals surface area contributed by atoms with Crippen LogP contribution in [0.15, 0.2) is 24.5 Å². The van der Waals surface area contributed by atoms with Crippen LogP contribution in [-0.4, -0.2) is 58.8 Å². The van der Waals surface area contributed by atoms with Gasteiger partial charge in [0, 0.05) is 50.2 Å². The fraction of sp³-hybridized carbons (Fsp3) is 0.611. The van der Waals surface area contributed by atoms with Gasteiger partial charge in [-0.25, -0.2) is 0 Å². The highest BCUT2D eigenvalue weighted by Crippen LogP contribution is 2.24. The molecule has 0 radical (unpaired) electrons. The SMILES string of the molecule is NCC1CCCCN1C(=O)C1CCCN(C(=O)c2ccncc2)C1. The van der Waals surface area contributed by atoms with Gasteiger partial charge in [-0.3, -0.25) is 14.6 Å². The van der Waals surface area contributed by atoms with Gasteiger partial charge in [0.1, 0.15) is 0 Å². The van der Waals surface area contributed by atoms with E-state index in [0.717, 1.165) is 38.6 Å². The Labute approximate surface area is 143 Å². The molecule has 24 heavy (non-hydrogen) atoms. The number of carbonyl (C=O) groups excluding carboxylic acids is 2. The standard InChI is InChI=1S/C18H26N4O2/c19-12-16-5-1-2-11-22(16)18(24)15-4-3-10-21(13-15)17(23)14-6-8-20-9-7-14/h6-9,15-16H,1-5,10-13,19H2. The number of likely N-dealkylation sites (tertiary alicyclic amines) is 2. The molecule has 1 aromatic heterocycles. The zero-order chi connectivity index (χ0) is 16.9. The van der Waals surface area contributed by atoms with Crippen LogP contribution >= 0.6 is 0 Å². The molecule has 0 saturated carbocycles. The van der Waals surface area contributed by atoms with Crippen molar-refractivity contribution in [3.8, 4) is 0 Å². The predicted molar refractivity (Wildman–Crippen MR) is 91.3 cm³/mol. The summed E-state index contributed by atoms with van der Waals surface area (Å²) in [7, 11) is 0. The number of piperidine rings is 2. The first-order valence-corrected chi connectivity index (χ1v) is 8.90. The van der Waals surface area contributed by atoms with Crippen molar-refractivity contribution in [1.82, 2.24) is 14.8 Å². The van der Waals surface area contributed by atoms with Crippen LogP contribution in [0.4, 0.5) is 0 Å². The van der Waals surface area contributed by atoms with Crippen LogP contribution < -0.4 is 5.73 Å². The molecule has 0 aromatic carbocycles. The van der Waals surface area contributed by atoms with Crippen molar-refractivity contribution in [2.24, 2.45) is 11.7 Å². The second-order valence-electron chi connectivity index (χ2n) is 6.74. The van der Waals surface area contributed by atoms with Crippen molar-refractivity contribution in [3.63, 3.8) is 0 Å². The van der Waals surface area contributed by atoms with Gasteiger partial charge in [-0.1, -0.05) is 0 Å². The van der Waals surface area contributed by atoms with Crippen molar-refractivity contribution in [2.75, 3.05) is 26.2 Å². The van der Waals surface area contributed by atoms with E-state index < -0.39 is 0 Å². The quantitative estimate of drug-likeness (QED) is 0.905. The molecule has 6 nitrogen and oxygen atoms in total. The van der Waals surface area contributed by atoms with Gasteiger partial charge >= 0.3 is 0 Å². The van der Waals surface area contributed by atoms with Crippen LogP contribution in [0.2, 0.25) is 0 Å². The lowest BCUT2D eigenvalue weighted by Gasteiger charge is -2.40. The zero-order valence-electron chi connectivity index (χ0n) is 14.1. The number of carbonyl (C=O) groups is 2. The number of amides is 2. The summed E-state index contributed by atoms with van der Waals surface area (Å²) < 4.78 is 0. The van der Waals surface area contributed by atoms with E-state index in [1.165, 1.54) is 0 Å². The summed E-state index contributed by atoms with van der Waals surface area (Å²) in [4.78, 5) is 33.3. The van der Waals surface area contributed by atoms with E-state index in [-0.39, 0.29) is 23.8 Å². The van der Waals surface area contributed by atoms with Crippen LogP contribution in [0.3, 0.4) is 0 Å². The molecule has 2 fully saturated rings. The molecule has 2 amide bonds. The maximum atomic E-state index is 12.9. The number of nitrogens with zero attached hydrogens (tertiary/aromatic N) is 3. The lowest BCUT2D eigenvalue weighted by Crippen LogP contribution is -2.53. The smallest absolute Gasteiger partial charge is 0.253 e. The minimum absolute atomic E-state index is 0.0103. The van der Waals surface area contributed by atoms with Crippen LogP contribution in [0, 0.1) is 5.92 Å². The van der Waals surface area contributed by atoms with Crippen molar-refractivity contribution in [1.29, 1.82) is 0 Å². The number of rotatable bonds is 3. The summed E-state index contributed by atoms with van der Waals surface area (Å²) in [5, 5.41) is 0. The third-order valence-electron chi connectivity index (χ3n) is 5.17. The molecule has 130 valence electrons. The third kappa shape index (κ3) is 3.59. The molecule has 2 aliphatic heterocycles. The maximum Gasteiger partial charge on any atom is 0.253 e. The van der Waals surface area contributed by atoms with Gasteiger partial charge in [-0.2, -0.15) is 0 Å². The van der Waals surface area contributed by atoms with Crippen molar-refractivity contribution in [2.45, 2.75) is 38.1 Å². The van der Waals surface area contributed by atoms with E-state index in [1.807, 2.05) is 9.80 Å². The molecule has 2 N–H and O–H groups in total. The second-order valence-corrected chi connectivity index (χ2v) is 6.74. The number of hydrogen-bond acceptors (Lipinski definition) is 4. The Morgan fingerprint density at radius 2 is 1.92 bits per heavy atom. The van der Waals surface area contributed by atoms with Crippen LogP contribution in [0.5, 0.6) is 0 Å². The molecule has 6 heteroatoms. The minimum atomic E-state index is -0.100. The number of pyridine rings is 1. The van der Waals surface area contributed by atoms with E-state index in [2.05, 4.69) is 4.98 Å². The van der Waals surface area contributed by atoms with Crippen LogP contribution in [-0.2, 0) is 4.79 Å². The lowest BCUT2D eigenvalue weighted by molar-refractivity contribution is -0.140. The Bertz CT molecular complexity index is 578. The summed E-state index contributed by atoms with van der Waals surface area (Å²) in [6.45, 7) is 2.55. The van der Waals surface area contributed by atoms with Gasteiger partial charge in [-0.05, 0) is 44.2 Å². The minimum Gasteiger partial charge on any atom is -0.338 e. The molecule has 2 aliphatic rings. The Morgan fingerprint density at radius 1 is 1.12 bits per heavy atom. The zero-order valence-corrected chi connectivity index (χ0v) is 14.1. The Hall–Kier alpha value is -1.95. The first-order chi connectivity index (χ1) is 11.7. The van der Waals surface area contributed by atoms with Crippen molar-refractivity contribution >= 4 is 11.8 Å². The Balaban J connectivity index is 1.66. The monoisotopic (exact) mass is 330 g/mol. The number of nitrogens with two attached hydrogens (primary N) is 1. The molecule has 1 aromatic rings. The van der Waals surface area contributed by atoms with Gasteiger partial charge in [0.2, 0.25) is 5.91 Å². The molecule has 0 spiro atoms. The molecule has 0 aliphatic carbocycles.